The molecule has 0 aliphatic heterocycles. The Hall–Kier alpha value is 0.214. The van der Waals surface area contributed by atoms with Gasteiger partial charge in [0, 0.05) is 9.80 Å². The lowest BCUT2D eigenvalue weighted by Crippen LogP contribution is -2.41. The van der Waals surface area contributed by atoms with Gasteiger partial charge in [-0.05, 0) is 54.0 Å². The molecule has 1 aromatic rings. The Kier molecular flexibility index (Phi) is 9.79. The molecule has 0 fully saturated rings. The van der Waals surface area contributed by atoms with Gasteiger partial charge >= 0.3 is 0 Å². The first-order valence-corrected chi connectivity index (χ1v) is 16.6. The summed E-state index contributed by atoms with van der Waals surface area (Å²) in [6, 6.07) is 11.1. The van der Waals surface area contributed by atoms with Crippen molar-refractivity contribution < 1.29 is 8.85 Å². The number of alkyl halides is 1. The first kappa shape index (κ1) is 23.3. The summed E-state index contributed by atoms with van der Waals surface area (Å²) in [5.74, 6) is 1.91. The highest BCUT2D eigenvalue weighted by molar-refractivity contribution is 9.10. The smallest absolute Gasteiger partial charge is 0.250 e. The normalized spacial score (nSPS) is 12.3. The van der Waals surface area contributed by atoms with Crippen LogP contribution in [0.15, 0.2) is 16.6 Å². The van der Waals surface area contributed by atoms with Gasteiger partial charge in [-0.2, -0.15) is 0 Å². The molecule has 25 heavy (non-hydrogen) atoms. The highest BCUT2D eigenvalue weighted by atomic mass is 79.9. The highest BCUT2D eigenvalue weighted by Gasteiger charge is 2.35. The first-order chi connectivity index (χ1) is 11.9. The van der Waals surface area contributed by atoms with Crippen LogP contribution in [0.1, 0.15) is 47.1 Å². The van der Waals surface area contributed by atoms with Gasteiger partial charge in [0.15, 0.2) is 0 Å². The zero-order valence-electron chi connectivity index (χ0n) is 16.7. The summed E-state index contributed by atoms with van der Waals surface area (Å²) in [5.41, 5.74) is 1.21. The molecular formula is C19H34Br2O2Si2. The van der Waals surface area contributed by atoms with Crippen LogP contribution in [0, 0.1) is 0 Å². The minimum absolute atomic E-state index is 0.807. The maximum absolute atomic E-state index is 6.75. The fourth-order valence-electron chi connectivity index (χ4n) is 3.24. The van der Waals surface area contributed by atoms with Crippen LogP contribution < -0.4 is 8.85 Å². The van der Waals surface area contributed by atoms with Crippen molar-refractivity contribution in [2.45, 2.75) is 83.1 Å². The van der Waals surface area contributed by atoms with Gasteiger partial charge < -0.3 is 8.85 Å². The average Bonchev–Trinajstić information content (AvgIpc) is 2.66. The number of benzene rings is 1. The van der Waals surface area contributed by atoms with Crippen molar-refractivity contribution in [2.75, 3.05) is 0 Å². The Labute approximate surface area is 173 Å². The van der Waals surface area contributed by atoms with Crippen molar-refractivity contribution in [3.05, 3.63) is 22.2 Å². The van der Waals surface area contributed by atoms with E-state index in [4.69, 9.17) is 8.85 Å². The fraction of sp³-hybridized carbons (Fsp3) is 0.684. The molecule has 0 bridgehead atoms. The second kappa shape index (κ2) is 10.5. The maximum atomic E-state index is 6.75. The van der Waals surface area contributed by atoms with Crippen molar-refractivity contribution in [1.82, 2.24) is 0 Å². The van der Waals surface area contributed by atoms with E-state index in [9.17, 15) is 0 Å². The van der Waals surface area contributed by atoms with Crippen molar-refractivity contribution in [1.29, 1.82) is 0 Å². The van der Waals surface area contributed by atoms with Crippen molar-refractivity contribution in [2.24, 2.45) is 0 Å². The molecule has 0 aromatic heterocycles. The minimum Gasteiger partial charge on any atom is -0.541 e. The summed E-state index contributed by atoms with van der Waals surface area (Å²) in [7, 11) is -3.49. The number of hydrogen-bond donors (Lipinski definition) is 0. The summed E-state index contributed by atoms with van der Waals surface area (Å²) in [6.45, 7) is 13.6. The number of rotatable bonds is 11. The number of halogens is 2. The van der Waals surface area contributed by atoms with Gasteiger partial charge in [-0.3, -0.25) is 0 Å². The zero-order chi connectivity index (χ0) is 19.1. The topological polar surface area (TPSA) is 18.5 Å². The van der Waals surface area contributed by atoms with E-state index in [-0.39, 0.29) is 0 Å². The molecule has 0 aliphatic carbocycles. The summed E-state index contributed by atoms with van der Waals surface area (Å²) in [6.07, 6.45) is 0. The quantitative estimate of drug-likeness (QED) is 0.221. The van der Waals surface area contributed by atoms with Crippen molar-refractivity contribution in [3.8, 4) is 11.5 Å². The second-order valence-electron chi connectivity index (χ2n) is 6.72. The fourth-order valence-corrected chi connectivity index (χ4v) is 9.66. The molecule has 0 radical (unpaired) electrons. The highest BCUT2D eigenvalue weighted by Crippen LogP contribution is 2.40. The lowest BCUT2D eigenvalue weighted by atomic mass is 10.2. The molecule has 0 unspecified atom stereocenters. The summed E-state index contributed by atoms with van der Waals surface area (Å²) in [5, 5.41) is 0.807. The van der Waals surface area contributed by atoms with Crippen LogP contribution in [0.4, 0.5) is 0 Å². The summed E-state index contributed by atoms with van der Waals surface area (Å²) < 4.78 is 14.6. The van der Waals surface area contributed by atoms with Crippen LogP contribution in [0.3, 0.4) is 0 Å². The third-order valence-corrected chi connectivity index (χ3v) is 16.2. The largest absolute Gasteiger partial charge is 0.541 e. The summed E-state index contributed by atoms with van der Waals surface area (Å²) in [4.78, 5) is 0. The van der Waals surface area contributed by atoms with Crippen LogP contribution in [-0.2, 0) is 5.33 Å². The van der Waals surface area contributed by atoms with E-state index in [0.29, 0.717) is 0 Å². The zero-order valence-corrected chi connectivity index (χ0v) is 21.8. The van der Waals surface area contributed by atoms with Gasteiger partial charge in [-0.1, -0.05) is 73.4 Å². The molecule has 0 amide bonds. The van der Waals surface area contributed by atoms with Gasteiger partial charge in [0.25, 0.3) is 16.6 Å². The Morgan fingerprint density at radius 2 is 1.08 bits per heavy atom. The van der Waals surface area contributed by atoms with E-state index in [2.05, 4.69) is 85.5 Å². The third kappa shape index (κ3) is 5.59. The van der Waals surface area contributed by atoms with Gasteiger partial charge in [0.1, 0.15) is 11.5 Å². The van der Waals surface area contributed by atoms with E-state index in [1.807, 2.05) is 0 Å². The van der Waals surface area contributed by atoms with E-state index >= 15 is 0 Å². The first-order valence-electron chi connectivity index (χ1n) is 9.64. The van der Waals surface area contributed by atoms with Crippen molar-refractivity contribution in [3.63, 3.8) is 0 Å². The van der Waals surface area contributed by atoms with Gasteiger partial charge in [-0.25, -0.2) is 0 Å². The molecule has 1 aromatic carbocycles. The van der Waals surface area contributed by atoms with Crippen LogP contribution in [0.25, 0.3) is 0 Å². The minimum atomic E-state index is -1.74. The maximum Gasteiger partial charge on any atom is 0.250 e. The standard InChI is InChI=1S/C19H34Br2O2Si2/c1-7-24(8-2,9-3)22-18-13-16(15-20)17(21)14-19(18)23-25(10-4,11-5)12-6/h13-14H,7-12,15H2,1-6H3. The molecule has 0 spiro atoms. The van der Waals surface area contributed by atoms with E-state index in [1.54, 1.807) is 0 Å². The molecule has 0 saturated heterocycles. The number of hydrogen-bond acceptors (Lipinski definition) is 2. The second-order valence-corrected chi connectivity index (χ2v) is 17.5. The molecule has 2 nitrogen and oxygen atoms in total. The Morgan fingerprint density at radius 1 is 0.720 bits per heavy atom. The van der Waals surface area contributed by atoms with E-state index < -0.39 is 16.6 Å². The van der Waals surface area contributed by atoms with E-state index in [1.165, 1.54) is 5.56 Å². The van der Waals surface area contributed by atoms with Crippen molar-refractivity contribution >= 4 is 48.5 Å². The lowest BCUT2D eigenvalue weighted by Gasteiger charge is -2.34. The molecule has 0 aliphatic rings. The summed E-state index contributed by atoms with van der Waals surface area (Å²) >= 11 is 7.30. The average molecular weight is 510 g/mol. The Bertz CT molecular complexity index is 528. The predicted molar refractivity (Wildman–Crippen MR) is 122 cm³/mol. The van der Waals surface area contributed by atoms with Crippen LogP contribution in [-0.4, -0.2) is 16.6 Å². The molecule has 1 rings (SSSR count). The van der Waals surface area contributed by atoms with Gasteiger partial charge in [0.05, 0.1) is 0 Å². The monoisotopic (exact) mass is 508 g/mol. The van der Waals surface area contributed by atoms with Crippen LogP contribution in [0.2, 0.25) is 36.3 Å². The SMILES string of the molecule is CC[Si](CC)(CC)Oc1cc(Br)c(CBr)cc1O[Si](CC)(CC)CC. The molecular weight excluding hydrogens is 476 g/mol. The van der Waals surface area contributed by atoms with Crippen LogP contribution >= 0.6 is 31.9 Å². The van der Waals surface area contributed by atoms with Gasteiger partial charge in [-0.15, -0.1) is 0 Å². The molecule has 6 heteroatoms. The molecule has 0 atom stereocenters. The van der Waals surface area contributed by atoms with E-state index in [0.717, 1.165) is 57.6 Å². The molecule has 144 valence electrons. The molecule has 0 heterocycles. The van der Waals surface area contributed by atoms with Crippen LogP contribution in [0.5, 0.6) is 11.5 Å². The molecule has 0 N–H and O–H groups in total. The lowest BCUT2D eigenvalue weighted by molar-refractivity contribution is 0.467. The molecule has 0 saturated carbocycles. The Balaban J connectivity index is 3.38. The van der Waals surface area contributed by atoms with Gasteiger partial charge in [0.2, 0.25) is 0 Å². The predicted octanol–water partition coefficient (Wildman–Crippen LogP) is 8.11. The Morgan fingerprint density at radius 3 is 1.40 bits per heavy atom. The third-order valence-electron chi connectivity index (χ3n) is 5.78.